The lowest BCUT2D eigenvalue weighted by Gasteiger charge is -2.17. The molecule has 0 aromatic heterocycles. The van der Waals surface area contributed by atoms with Crippen molar-refractivity contribution in [2.24, 2.45) is 0 Å². The van der Waals surface area contributed by atoms with Gasteiger partial charge in [0.2, 0.25) is 0 Å². The smallest absolute Gasteiger partial charge is 0.101 e. The van der Waals surface area contributed by atoms with Crippen LogP contribution in [0.2, 0.25) is 0 Å². The zero-order chi connectivity index (χ0) is 12.3. The molecule has 1 unspecified atom stereocenters. The Labute approximate surface area is 107 Å². The van der Waals surface area contributed by atoms with Crippen LogP contribution in [0.25, 0.3) is 5.57 Å². The fourth-order valence-corrected chi connectivity index (χ4v) is 2.53. The molecular weight excluding hydrogens is 228 g/mol. The van der Waals surface area contributed by atoms with E-state index in [1.807, 2.05) is 43.4 Å². The van der Waals surface area contributed by atoms with Crippen LogP contribution in [-0.4, -0.2) is 17.5 Å². The number of hydrogen-bond donors (Lipinski definition) is 1. The van der Waals surface area contributed by atoms with Crippen LogP contribution in [0, 0.1) is 0 Å². The summed E-state index contributed by atoms with van der Waals surface area (Å²) in [6.45, 7) is 1.95. The normalized spacial score (nSPS) is 19.6. The van der Waals surface area contributed by atoms with Crippen LogP contribution in [0.4, 0.5) is 0 Å². The highest BCUT2D eigenvalue weighted by Crippen LogP contribution is 2.31. The Hall–Kier alpha value is -1.25. The van der Waals surface area contributed by atoms with Gasteiger partial charge >= 0.3 is 0 Å². The largest absolute Gasteiger partial charge is 0.384 e. The second kappa shape index (κ2) is 5.39. The summed E-state index contributed by atoms with van der Waals surface area (Å²) in [6.07, 6.45) is 9.43. The molecule has 1 aromatic rings. The van der Waals surface area contributed by atoms with Gasteiger partial charge in [0.15, 0.2) is 0 Å². The van der Waals surface area contributed by atoms with E-state index in [1.54, 1.807) is 11.8 Å². The number of benzene rings is 1. The number of aliphatic hydroxyl groups excluding tert-OH is 1. The first kappa shape index (κ1) is 12.2. The summed E-state index contributed by atoms with van der Waals surface area (Å²) in [7, 11) is 0. The van der Waals surface area contributed by atoms with Gasteiger partial charge < -0.3 is 5.11 Å². The van der Waals surface area contributed by atoms with E-state index in [-0.39, 0.29) is 0 Å². The van der Waals surface area contributed by atoms with Gasteiger partial charge in [-0.15, -0.1) is 11.8 Å². The fraction of sp³-hybridized carbons (Fsp3) is 0.200. The molecule has 1 N–H and O–H groups in total. The van der Waals surface area contributed by atoms with Crippen LogP contribution in [0.5, 0.6) is 0 Å². The van der Waals surface area contributed by atoms with Crippen LogP contribution >= 0.6 is 11.8 Å². The minimum Gasteiger partial charge on any atom is -0.384 e. The van der Waals surface area contributed by atoms with E-state index in [1.165, 1.54) is 4.90 Å². The zero-order valence-electron chi connectivity index (χ0n) is 10.1. The SMILES string of the molecule is CSc1ccccc1C1=CC=CC=C(C)C1O. The van der Waals surface area contributed by atoms with Gasteiger partial charge in [0.1, 0.15) is 6.10 Å². The van der Waals surface area contributed by atoms with Gasteiger partial charge in [-0.2, -0.15) is 0 Å². The van der Waals surface area contributed by atoms with E-state index in [4.69, 9.17) is 0 Å². The van der Waals surface area contributed by atoms with Gasteiger partial charge in [-0.05, 0) is 36.0 Å². The van der Waals surface area contributed by atoms with Gasteiger partial charge in [-0.3, -0.25) is 0 Å². The van der Waals surface area contributed by atoms with Crippen molar-refractivity contribution in [3.8, 4) is 0 Å². The predicted molar refractivity (Wildman–Crippen MR) is 75.1 cm³/mol. The predicted octanol–water partition coefficient (Wildman–Crippen LogP) is 3.67. The third-order valence-corrected chi connectivity index (χ3v) is 3.69. The van der Waals surface area contributed by atoms with Gasteiger partial charge in [0.05, 0.1) is 0 Å². The summed E-state index contributed by atoms with van der Waals surface area (Å²) in [6, 6.07) is 8.18. The molecule has 1 aromatic carbocycles. The lowest BCUT2D eigenvalue weighted by atomic mass is 9.96. The van der Waals surface area contributed by atoms with E-state index in [9.17, 15) is 5.11 Å². The van der Waals surface area contributed by atoms with Crippen molar-refractivity contribution in [3.05, 3.63) is 59.7 Å². The van der Waals surface area contributed by atoms with E-state index >= 15 is 0 Å². The summed E-state index contributed by atoms with van der Waals surface area (Å²) in [5, 5.41) is 10.3. The first-order valence-electron chi connectivity index (χ1n) is 5.60. The van der Waals surface area contributed by atoms with Crippen molar-refractivity contribution < 1.29 is 5.11 Å². The molecule has 0 amide bonds. The molecule has 0 aliphatic heterocycles. The van der Waals surface area contributed by atoms with Crippen molar-refractivity contribution in [2.45, 2.75) is 17.9 Å². The first-order chi connectivity index (χ1) is 8.24. The molecule has 1 aliphatic carbocycles. The summed E-state index contributed by atoms with van der Waals surface area (Å²) in [4.78, 5) is 1.20. The molecule has 0 radical (unpaired) electrons. The summed E-state index contributed by atoms with van der Waals surface area (Å²) in [5.41, 5.74) is 3.06. The van der Waals surface area contributed by atoms with Crippen molar-refractivity contribution in [3.63, 3.8) is 0 Å². The average Bonchev–Trinajstić information content (AvgIpc) is 2.53. The van der Waals surface area contributed by atoms with Gasteiger partial charge in [-0.25, -0.2) is 0 Å². The molecule has 88 valence electrons. The molecule has 2 rings (SSSR count). The molecule has 0 heterocycles. The van der Waals surface area contributed by atoms with Crippen LogP contribution in [-0.2, 0) is 0 Å². The lowest BCUT2D eigenvalue weighted by molar-refractivity contribution is 0.268. The highest BCUT2D eigenvalue weighted by atomic mass is 32.2. The minimum absolute atomic E-state index is 0.515. The van der Waals surface area contributed by atoms with Crippen molar-refractivity contribution in [1.29, 1.82) is 0 Å². The Morgan fingerprint density at radius 2 is 1.82 bits per heavy atom. The second-order valence-electron chi connectivity index (χ2n) is 4.02. The third-order valence-electron chi connectivity index (χ3n) is 2.89. The Balaban J connectivity index is 2.49. The number of aliphatic hydroxyl groups is 1. The van der Waals surface area contributed by atoms with Crippen molar-refractivity contribution >= 4 is 17.3 Å². The Morgan fingerprint density at radius 1 is 1.12 bits per heavy atom. The maximum absolute atomic E-state index is 10.3. The fourth-order valence-electron chi connectivity index (χ4n) is 1.91. The van der Waals surface area contributed by atoms with Gasteiger partial charge in [-0.1, -0.05) is 42.5 Å². The van der Waals surface area contributed by atoms with Gasteiger partial charge in [0, 0.05) is 4.90 Å². The summed E-state index contributed by atoms with van der Waals surface area (Å²) >= 11 is 1.70. The van der Waals surface area contributed by atoms with Crippen molar-refractivity contribution in [2.75, 3.05) is 6.26 Å². The number of rotatable bonds is 2. The van der Waals surface area contributed by atoms with Crippen LogP contribution < -0.4 is 0 Å². The van der Waals surface area contributed by atoms with Crippen LogP contribution in [0.1, 0.15) is 12.5 Å². The zero-order valence-corrected chi connectivity index (χ0v) is 10.9. The first-order valence-corrected chi connectivity index (χ1v) is 6.83. The number of hydrogen-bond acceptors (Lipinski definition) is 2. The molecule has 1 aliphatic rings. The molecule has 1 nitrogen and oxygen atoms in total. The van der Waals surface area contributed by atoms with Crippen molar-refractivity contribution in [1.82, 2.24) is 0 Å². The quantitative estimate of drug-likeness (QED) is 0.801. The summed E-state index contributed by atoms with van der Waals surface area (Å²) < 4.78 is 0. The van der Waals surface area contributed by atoms with E-state index < -0.39 is 6.10 Å². The minimum atomic E-state index is -0.515. The summed E-state index contributed by atoms with van der Waals surface area (Å²) in [5.74, 6) is 0. The molecule has 0 saturated carbocycles. The monoisotopic (exact) mass is 244 g/mol. The molecule has 0 spiro atoms. The topological polar surface area (TPSA) is 20.2 Å². The highest BCUT2D eigenvalue weighted by Gasteiger charge is 2.17. The molecule has 0 fully saturated rings. The molecule has 0 bridgehead atoms. The second-order valence-corrected chi connectivity index (χ2v) is 4.87. The standard InChI is InChI=1S/C15H16OS/c1-11-7-3-4-9-13(15(11)16)12-8-5-6-10-14(12)17-2/h3-10,15-16H,1-2H3. The van der Waals surface area contributed by atoms with E-state index in [2.05, 4.69) is 18.4 Å². The maximum Gasteiger partial charge on any atom is 0.101 e. The average molecular weight is 244 g/mol. The number of thioether (sulfide) groups is 1. The molecule has 1 atom stereocenters. The van der Waals surface area contributed by atoms with Gasteiger partial charge in [0.25, 0.3) is 0 Å². The maximum atomic E-state index is 10.3. The Kier molecular flexibility index (Phi) is 3.87. The Morgan fingerprint density at radius 3 is 2.59 bits per heavy atom. The third kappa shape index (κ3) is 2.54. The lowest BCUT2D eigenvalue weighted by Crippen LogP contribution is -2.11. The molecular formula is C15H16OS. The van der Waals surface area contributed by atoms with Crippen LogP contribution in [0.15, 0.2) is 59.0 Å². The Bertz CT molecular complexity index is 497. The molecule has 2 heteroatoms. The molecule has 17 heavy (non-hydrogen) atoms. The van der Waals surface area contributed by atoms with E-state index in [0.717, 1.165) is 16.7 Å². The number of allylic oxidation sites excluding steroid dienone is 4. The van der Waals surface area contributed by atoms with Crippen LogP contribution in [0.3, 0.4) is 0 Å². The highest BCUT2D eigenvalue weighted by molar-refractivity contribution is 7.98. The molecule has 0 saturated heterocycles. The van der Waals surface area contributed by atoms with E-state index in [0.29, 0.717) is 0 Å².